The molecule has 0 N–H and O–H groups in total. The highest BCUT2D eigenvalue weighted by Gasteiger charge is 2.55. The molecule has 6 nitrogen and oxygen atoms in total. The highest BCUT2D eigenvalue weighted by molar-refractivity contribution is 5.96. The summed E-state index contributed by atoms with van der Waals surface area (Å²) in [7, 11) is 0. The second kappa shape index (κ2) is 11.2. The Balaban J connectivity index is 1.28. The number of benzene rings is 4. The number of amides is 1. The number of rotatable bonds is 8. The van der Waals surface area contributed by atoms with Crippen molar-refractivity contribution in [2.75, 3.05) is 18.2 Å². The number of carbonyl (C=O) groups is 1. The fourth-order valence-corrected chi connectivity index (χ4v) is 7.55. The molecule has 2 unspecified atom stereocenters. The summed E-state index contributed by atoms with van der Waals surface area (Å²) in [6.45, 7) is 3.28. The van der Waals surface area contributed by atoms with Gasteiger partial charge in [0.15, 0.2) is 11.4 Å². The summed E-state index contributed by atoms with van der Waals surface area (Å²) in [5.41, 5.74) is 7.58. The highest BCUT2D eigenvalue weighted by Crippen LogP contribution is 2.55. The first-order valence-corrected chi connectivity index (χ1v) is 16.0. The summed E-state index contributed by atoms with van der Waals surface area (Å²) in [4.78, 5) is 30.0. The van der Waals surface area contributed by atoms with Crippen LogP contribution in [-0.2, 0) is 18.6 Å². The lowest BCUT2D eigenvalue weighted by Crippen LogP contribution is -2.62. The van der Waals surface area contributed by atoms with E-state index in [0.717, 1.165) is 18.4 Å². The third-order valence-electron chi connectivity index (χ3n) is 9.84. The van der Waals surface area contributed by atoms with Gasteiger partial charge < -0.3 is 9.64 Å². The molecule has 0 bridgehead atoms. The first kappa shape index (κ1) is 28.1. The predicted octanol–water partition coefficient (Wildman–Crippen LogP) is 6.87. The van der Waals surface area contributed by atoms with Gasteiger partial charge in [0, 0.05) is 18.8 Å². The molecular formula is C40H35N3O3. The Morgan fingerprint density at radius 3 is 2.30 bits per heavy atom. The lowest BCUT2D eigenvalue weighted by Gasteiger charge is -2.50. The van der Waals surface area contributed by atoms with Crippen LogP contribution in [0, 0.1) is 0 Å². The molecular weight excluding hydrogens is 570 g/mol. The van der Waals surface area contributed by atoms with Crippen molar-refractivity contribution in [3.05, 3.63) is 176 Å². The Morgan fingerprint density at radius 1 is 0.804 bits per heavy atom. The number of hydrogen-bond acceptors (Lipinski definition) is 4. The molecule has 1 aromatic heterocycles. The highest BCUT2D eigenvalue weighted by atomic mass is 16.5. The monoisotopic (exact) mass is 605 g/mol. The number of hydrogen-bond donors (Lipinski definition) is 0. The van der Waals surface area contributed by atoms with E-state index in [0.29, 0.717) is 13.2 Å². The van der Waals surface area contributed by atoms with Crippen LogP contribution >= 0.6 is 0 Å². The summed E-state index contributed by atoms with van der Waals surface area (Å²) in [6.07, 6.45) is 5.66. The SMILES string of the molecule is CC(CCN1CN(C23C(=Cc4ccccc42)Cc2ccccc23)n2ccc(=O)c(OCc3ccccc3)c2C1=O)c1ccccc1. The van der Waals surface area contributed by atoms with Gasteiger partial charge in [0.2, 0.25) is 5.43 Å². The number of aromatic nitrogens is 1. The second-order valence-electron chi connectivity index (χ2n) is 12.5. The quantitative estimate of drug-likeness (QED) is 0.194. The molecule has 0 saturated heterocycles. The molecule has 228 valence electrons. The van der Waals surface area contributed by atoms with Gasteiger partial charge in [-0.05, 0) is 57.7 Å². The van der Waals surface area contributed by atoms with Crippen LogP contribution in [0.15, 0.2) is 132 Å². The Kier molecular flexibility index (Phi) is 6.86. The number of pyridine rings is 1. The van der Waals surface area contributed by atoms with E-state index in [9.17, 15) is 9.59 Å². The van der Waals surface area contributed by atoms with Crippen LogP contribution in [0.25, 0.3) is 6.08 Å². The van der Waals surface area contributed by atoms with Gasteiger partial charge in [-0.25, -0.2) is 0 Å². The number of fused-ring (bicyclic) bond motifs is 6. The van der Waals surface area contributed by atoms with Gasteiger partial charge in [-0.1, -0.05) is 122 Å². The largest absolute Gasteiger partial charge is 0.482 e. The van der Waals surface area contributed by atoms with Crippen LogP contribution in [0.2, 0.25) is 0 Å². The van der Waals surface area contributed by atoms with E-state index >= 15 is 0 Å². The molecule has 2 heterocycles. The van der Waals surface area contributed by atoms with Gasteiger partial charge in [0.25, 0.3) is 5.91 Å². The maximum absolute atomic E-state index is 14.5. The van der Waals surface area contributed by atoms with E-state index in [1.165, 1.54) is 39.5 Å². The fourth-order valence-electron chi connectivity index (χ4n) is 7.55. The van der Waals surface area contributed by atoms with Crippen LogP contribution in [0.1, 0.15) is 63.1 Å². The number of ether oxygens (including phenoxy) is 1. The van der Waals surface area contributed by atoms with Gasteiger partial charge in [-0.15, -0.1) is 0 Å². The molecule has 46 heavy (non-hydrogen) atoms. The van der Waals surface area contributed by atoms with Crippen molar-refractivity contribution in [3.8, 4) is 5.75 Å². The molecule has 0 spiro atoms. The van der Waals surface area contributed by atoms with Crippen molar-refractivity contribution in [1.29, 1.82) is 0 Å². The maximum Gasteiger partial charge on any atom is 0.277 e. The smallest absolute Gasteiger partial charge is 0.277 e. The molecule has 0 radical (unpaired) electrons. The van der Waals surface area contributed by atoms with E-state index in [1.54, 1.807) is 6.20 Å². The summed E-state index contributed by atoms with van der Waals surface area (Å²) in [5, 5.41) is 2.29. The molecule has 8 rings (SSSR count). The van der Waals surface area contributed by atoms with Gasteiger partial charge in [0.1, 0.15) is 18.8 Å². The van der Waals surface area contributed by atoms with Crippen LogP contribution in [-0.4, -0.2) is 28.7 Å². The molecule has 0 saturated carbocycles. The van der Waals surface area contributed by atoms with E-state index in [2.05, 4.69) is 90.8 Å². The lowest BCUT2D eigenvalue weighted by atomic mass is 9.83. The van der Waals surface area contributed by atoms with Gasteiger partial charge >= 0.3 is 0 Å². The van der Waals surface area contributed by atoms with Gasteiger partial charge in [0.05, 0.1) is 0 Å². The van der Waals surface area contributed by atoms with Crippen LogP contribution in [0.3, 0.4) is 0 Å². The lowest BCUT2D eigenvalue weighted by molar-refractivity contribution is 0.0659. The minimum absolute atomic E-state index is 0.0849. The Hall–Kier alpha value is -5.36. The molecule has 3 aliphatic rings. The number of nitrogens with zero attached hydrogens (tertiary/aromatic N) is 3. The first-order chi connectivity index (χ1) is 22.6. The first-order valence-electron chi connectivity index (χ1n) is 16.0. The summed E-state index contributed by atoms with van der Waals surface area (Å²) in [5.74, 6) is 0.141. The molecule has 2 atom stereocenters. The minimum Gasteiger partial charge on any atom is -0.482 e. The third-order valence-corrected chi connectivity index (χ3v) is 9.84. The van der Waals surface area contributed by atoms with Crippen molar-refractivity contribution in [2.45, 2.75) is 37.8 Å². The Labute approximate surface area is 268 Å². The average Bonchev–Trinajstić information content (AvgIpc) is 3.59. The van der Waals surface area contributed by atoms with Crippen molar-refractivity contribution in [1.82, 2.24) is 9.58 Å². The van der Waals surface area contributed by atoms with E-state index in [-0.39, 0.29) is 35.3 Å². The molecule has 1 aliphatic heterocycles. The molecule has 4 aromatic carbocycles. The third kappa shape index (κ3) is 4.39. The second-order valence-corrected chi connectivity index (χ2v) is 12.5. The molecule has 6 heteroatoms. The predicted molar refractivity (Wildman–Crippen MR) is 180 cm³/mol. The van der Waals surface area contributed by atoms with Crippen LogP contribution in [0.4, 0.5) is 0 Å². The normalized spacial score (nSPS) is 18.4. The zero-order valence-corrected chi connectivity index (χ0v) is 25.8. The molecule has 5 aromatic rings. The minimum atomic E-state index is -0.641. The number of carbonyl (C=O) groups excluding carboxylic acids is 1. The zero-order valence-electron chi connectivity index (χ0n) is 25.8. The summed E-state index contributed by atoms with van der Waals surface area (Å²) >= 11 is 0. The Bertz CT molecular complexity index is 2030. The topological polar surface area (TPSA) is 54.8 Å². The summed E-state index contributed by atoms with van der Waals surface area (Å²) in [6, 6.07) is 38.8. The summed E-state index contributed by atoms with van der Waals surface area (Å²) < 4.78 is 8.17. The zero-order chi connectivity index (χ0) is 31.3. The van der Waals surface area contributed by atoms with Crippen molar-refractivity contribution in [2.24, 2.45) is 0 Å². The van der Waals surface area contributed by atoms with E-state index in [1.807, 2.05) is 46.0 Å². The van der Waals surface area contributed by atoms with Crippen LogP contribution < -0.4 is 15.2 Å². The molecule has 0 fully saturated rings. The van der Waals surface area contributed by atoms with Crippen molar-refractivity contribution < 1.29 is 9.53 Å². The van der Waals surface area contributed by atoms with Crippen LogP contribution in [0.5, 0.6) is 5.75 Å². The maximum atomic E-state index is 14.5. The van der Waals surface area contributed by atoms with Crippen molar-refractivity contribution >= 4 is 12.0 Å². The standard InChI is InChI=1S/C40H35N3O3/c1-28(30-14-6-3-7-15-30)20-22-41-27-43(40-33(24-31-16-8-10-18-34(31)40)25-32-17-9-11-19-35(32)40)42-23-21-36(44)38(37(42)39(41)45)46-26-29-12-4-2-5-13-29/h2-19,21,23-24,28H,20,22,25-27H2,1H3. The van der Waals surface area contributed by atoms with Gasteiger partial charge in [-0.2, -0.15) is 0 Å². The fraction of sp³-hybridized carbons (Fsp3) is 0.200. The average molecular weight is 606 g/mol. The van der Waals surface area contributed by atoms with Crippen molar-refractivity contribution in [3.63, 3.8) is 0 Å². The molecule has 1 amide bonds. The molecule has 2 aliphatic carbocycles. The van der Waals surface area contributed by atoms with E-state index in [4.69, 9.17) is 4.74 Å². The van der Waals surface area contributed by atoms with E-state index < -0.39 is 5.54 Å². The van der Waals surface area contributed by atoms with Gasteiger partial charge in [-0.3, -0.25) is 19.3 Å². The Morgan fingerprint density at radius 2 is 1.50 bits per heavy atom.